The summed E-state index contributed by atoms with van der Waals surface area (Å²) in [5, 5.41) is 31.7. The van der Waals surface area contributed by atoms with E-state index in [-0.39, 0.29) is 17.4 Å². The molecule has 4 rings (SSSR count). The van der Waals surface area contributed by atoms with Crippen LogP contribution in [0.3, 0.4) is 0 Å². The summed E-state index contributed by atoms with van der Waals surface area (Å²) in [5.41, 5.74) is -0.0234. The SMILES string of the molecule is C#C[C@]1(O)CCC2C3C(O)C=C4C[C@@H](O)CC[C@@H]4C3CC[C@@]21C. The Balaban J connectivity index is 1.70. The fourth-order valence-corrected chi connectivity index (χ4v) is 6.53. The first-order valence-electron chi connectivity index (χ1n) is 9.16. The van der Waals surface area contributed by atoms with Gasteiger partial charge < -0.3 is 15.3 Å². The second-order valence-electron chi connectivity index (χ2n) is 8.62. The summed E-state index contributed by atoms with van der Waals surface area (Å²) in [6.45, 7) is 2.14. The molecule has 4 aliphatic carbocycles. The summed E-state index contributed by atoms with van der Waals surface area (Å²) in [4.78, 5) is 0. The maximum absolute atomic E-state index is 10.9. The molecule has 3 N–H and O–H groups in total. The molecule has 3 saturated carbocycles. The third kappa shape index (κ3) is 2.02. The predicted molar refractivity (Wildman–Crippen MR) is 88.3 cm³/mol. The zero-order valence-corrected chi connectivity index (χ0v) is 13.9. The maximum atomic E-state index is 10.9. The van der Waals surface area contributed by atoms with Gasteiger partial charge in [0.25, 0.3) is 0 Å². The Bertz CT molecular complexity index is 576. The molecule has 4 aliphatic rings. The van der Waals surface area contributed by atoms with Crippen molar-refractivity contribution in [1.82, 2.24) is 0 Å². The zero-order chi connectivity index (χ0) is 16.4. The molecule has 0 radical (unpaired) electrons. The van der Waals surface area contributed by atoms with Gasteiger partial charge >= 0.3 is 0 Å². The number of rotatable bonds is 0. The van der Waals surface area contributed by atoms with Gasteiger partial charge in [-0.15, -0.1) is 6.42 Å². The number of aliphatic hydroxyl groups excluding tert-OH is 2. The van der Waals surface area contributed by atoms with Crippen LogP contribution in [0.1, 0.15) is 51.9 Å². The summed E-state index contributed by atoms with van der Waals surface area (Å²) >= 11 is 0. The molecule has 0 aromatic carbocycles. The standard InChI is InChI=1S/C20H28O3/c1-3-20(23)9-7-16-18-15(6-8-19(16,20)2)14-5-4-13(21)10-12(14)11-17(18)22/h1,11,13-18,21-23H,4-10H2,2H3/t13-,14-,15?,16?,17?,18?,19-,20-/m0/s1. The van der Waals surface area contributed by atoms with Crippen LogP contribution in [-0.2, 0) is 0 Å². The van der Waals surface area contributed by atoms with E-state index < -0.39 is 11.7 Å². The summed E-state index contributed by atoms with van der Waals surface area (Å²) in [6.07, 6.45) is 13.2. The van der Waals surface area contributed by atoms with E-state index in [9.17, 15) is 15.3 Å². The van der Waals surface area contributed by atoms with Gasteiger partial charge in [0.05, 0.1) is 12.2 Å². The van der Waals surface area contributed by atoms with Gasteiger partial charge in [0.15, 0.2) is 0 Å². The van der Waals surface area contributed by atoms with Gasteiger partial charge in [-0.2, -0.15) is 0 Å². The molecule has 0 heterocycles. The van der Waals surface area contributed by atoms with Crippen molar-refractivity contribution in [3.8, 4) is 12.3 Å². The Morgan fingerprint density at radius 1 is 1.17 bits per heavy atom. The lowest BCUT2D eigenvalue weighted by atomic mass is 9.50. The lowest BCUT2D eigenvalue weighted by molar-refractivity contribution is -0.107. The van der Waals surface area contributed by atoms with Crippen molar-refractivity contribution in [2.24, 2.45) is 29.1 Å². The van der Waals surface area contributed by atoms with Gasteiger partial charge in [-0.1, -0.05) is 24.5 Å². The number of hydrogen-bond donors (Lipinski definition) is 3. The van der Waals surface area contributed by atoms with Crippen molar-refractivity contribution in [2.45, 2.75) is 69.7 Å². The normalized spacial score (nSPS) is 55.2. The third-order valence-corrected chi connectivity index (χ3v) is 7.83. The molecule has 0 bridgehead atoms. The highest BCUT2D eigenvalue weighted by Crippen LogP contribution is 2.64. The van der Waals surface area contributed by atoms with Crippen LogP contribution in [-0.4, -0.2) is 33.1 Å². The first-order chi connectivity index (χ1) is 10.9. The number of fused-ring (bicyclic) bond motifs is 5. The summed E-state index contributed by atoms with van der Waals surface area (Å²) in [6, 6.07) is 0. The van der Waals surface area contributed by atoms with Crippen LogP contribution in [0.15, 0.2) is 11.6 Å². The van der Waals surface area contributed by atoms with Crippen molar-refractivity contribution in [1.29, 1.82) is 0 Å². The lowest BCUT2D eigenvalue weighted by Gasteiger charge is -2.55. The van der Waals surface area contributed by atoms with Crippen LogP contribution in [0.4, 0.5) is 0 Å². The molecule has 3 heteroatoms. The lowest BCUT2D eigenvalue weighted by Crippen LogP contribution is -2.55. The fourth-order valence-electron chi connectivity index (χ4n) is 6.53. The largest absolute Gasteiger partial charge is 0.393 e. The van der Waals surface area contributed by atoms with Gasteiger partial charge in [-0.05, 0) is 68.6 Å². The average molecular weight is 316 g/mol. The second kappa shape index (κ2) is 5.09. The molecular weight excluding hydrogens is 288 g/mol. The van der Waals surface area contributed by atoms with E-state index in [2.05, 4.69) is 12.8 Å². The Hall–Kier alpha value is -0.820. The Morgan fingerprint density at radius 2 is 1.96 bits per heavy atom. The Morgan fingerprint density at radius 3 is 2.70 bits per heavy atom. The fraction of sp³-hybridized carbons (Fsp3) is 0.800. The highest BCUT2D eigenvalue weighted by molar-refractivity contribution is 5.27. The smallest absolute Gasteiger partial charge is 0.130 e. The van der Waals surface area contributed by atoms with Gasteiger partial charge in [-0.25, -0.2) is 0 Å². The van der Waals surface area contributed by atoms with Crippen LogP contribution in [0.5, 0.6) is 0 Å². The van der Waals surface area contributed by atoms with E-state index in [1.807, 2.05) is 6.08 Å². The molecule has 0 saturated heterocycles. The van der Waals surface area contributed by atoms with Gasteiger partial charge in [0.2, 0.25) is 0 Å². The van der Waals surface area contributed by atoms with Crippen LogP contribution in [0, 0.1) is 41.4 Å². The maximum Gasteiger partial charge on any atom is 0.130 e. The van der Waals surface area contributed by atoms with E-state index in [4.69, 9.17) is 6.42 Å². The van der Waals surface area contributed by atoms with Crippen molar-refractivity contribution < 1.29 is 15.3 Å². The minimum Gasteiger partial charge on any atom is -0.393 e. The molecule has 0 amide bonds. The topological polar surface area (TPSA) is 60.7 Å². The molecular formula is C20H28O3. The highest BCUT2D eigenvalue weighted by Gasteiger charge is 2.63. The van der Waals surface area contributed by atoms with Gasteiger partial charge in [-0.3, -0.25) is 0 Å². The van der Waals surface area contributed by atoms with Gasteiger partial charge in [0.1, 0.15) is 5.60 Å². The predicted octanol–water partition coefficient (Wildman–Crippen LogP) is 2.26. The first kappa shape index (κ1) is 15.7. The number of aliphatic hydroxyl groups is 3. The molecule has 0 aromatic heterocycles. The van der Waals surface area contributed by atoms with Crippen molar-refractivity contribution >= 4 is 0 Å². The second-order valence-corrected chi connectivity index (χ2v) is 8.62. The summed E-state index contributed by atoms with van der Waals surface area (Å²) < 4.78 is 0. The van der Waals surface area contributed by atoms with Crippen molar-refractivity contribution in [3.05, 3.63) is 11.6 Å². The van der Waals surface area contributed by atoms with Crippen molar-refractivity contribution in [2.75, 3.05) is 0 Å². The molecule has 3 nitrogen and oxygen atoms in total. The highest BCUT2D eigenvalue weighted by atomic mass is 16.3. The quantitative estimate of drug-likeness (QED) is 0.474. The molecule has 126 valence electrons. The van der Waals surface area contributed by atoms with Crippen molar-refractivity contribution in [3.63, 3.8) is 0 Å². The van der Waals surface area contributed by atoms with Crippen LogP contribution >= 0.6 is 0 Å². The van der Waals surface area contributed by atoms with Crippen LogP contribution < -0.4 is 0 Å². The molecule has 4 unspecified atom stereocenters. The van der Waals surface area contributed by atoms with E-state index in [1.165, 1.54) is 5.57 Å². The van der Waals surface area contributed by atoms with Gasteiger partial charge in [0, 0.05) is 5.41 Å². The van der Waals surface area contributed by atoms with Crippen LogP contribution in [0.25, 0.3) is 0 Å². The van der Waals surface area contributed by atoms with E-state index in [1.54, 1.807) is 0 Å². The average Bonchev–Trinajstić information content (AvgIpc) is 2.79. The van der Waals surface area contributed by atoms with Crippen LogP contribution in [0.2, 0.25) is 0 Å². The van der Waals surface area contributed by atoms with E-state index in [0.717, 1.165) is 38.5 Å². The van der Waals surface area contributed by atoms with E-state index >= 15 is 0 Å². The molecule has 0 spiro atoms. The molecule has 23 heavy (non-hydrogen) atoms. The first-order valence-corrected chi connectivity index (χ1v) is 9.16. The Labute approximate surface area is 138 Å². The third-order valence-electron chi connectivity index (χ3n) is 7.83. The summed E-state index contributed by atoms with van der Waals surface area (Å²) in [7, 11) is 0. The monoisotopic (exact) mass is 316 g/mol. The Kier molecular flexibility index (Phi) is 3.47. The molecule has 0 aromatic rings. The number of terminal acetylenes is 1. The minimum atomic E-state index is -1.02. The van der Waals surface area contributed by atoms with E-state index in [0.29, 0.717) is 24.2 Å². The zero-order valence-electron chi connectivity index (χ0n) is 13.9. The molecule has 3 fully saturated rings. The molecule has 0 aliphatic heterocycles. The molecule has 8 atom stereocenters. The summed E-state index contributed by atoms with van der Waals surface area (Å²) in [5.74, 6) is 4.17. The number of hydrogen-bond acceptors (Lipinski definition) is 3. The minimum absolute atomic E-state index is 0.208.